The zero-order chi connectivity index (χ0) is 15.7. The van der Waals surface area contributed by atoms with Gasteiger partial charge in [-0.15, -0.1) is 16.4 Å². The van der Waals surface area contributed by atoms with E-state index in [1.807, 2.05) is 5.38 Å². The quantitative estimate of drug-likeness (QED) is 0.738. The molecular formula is C14H9F3N2O2S. The molecule has 2 heterocycles. The van der Waals surface area contributed by atoms with Crippen LogP contribution in [0.15, 0.2) is 51.0 Å². The van der Waals surface area contributed by atoms with Gasteiger partial charge in [-0.3, -0.25) is 0 Å². The molecule has 0 aliphatic rings. The first-order chi connectivity index (χ1) is 10.4. The van der Waals surface area contributed by atoms with E-state index in [0.717, 1.165) is 16.8 Å². The van der Waals surface area contributed by atoms with Crippen molar-refractivity contribution in [1.29, 1.82) is 0 Å². The van der Waals surface area contributed by atoms with E-state index in [1.165, 1.54) is 23.5 Å². The third-order valence-electron chi connectivity index (χ3n) is 2.95. The van der Waals surface area contributed by atoms with Crippen LogP contribution in [-0.2, 0) is 12.7 Å². The lowest BCUT2D eigenvalue weighted by atomic mass is 10.1. The molecule has 0 unspecified atom stereocenters. The van der Waals surface area contributed by atoms with Gasteiger partial charge >= 0.3 is 11.9 Å². The Morgan fingerprint density at radius 3 is 2.50 bits per heavy atom. The predicted octanol–water partition coefficient (Wildman–Crippen LogP) is 3.63. The molecule has 3 aromatic rings. The van der Waals surface area contributed by atoms with Crippen LogP contribution in [0, 0.1) is 0 Å². The van der Waals surface area contributed by atoms with E-state index in [4.69, 9.17) is 4.42 Å². The van der Waals surface area contributed by atoms with Gasteiger partial charge in [0.25, 0.3) is 5.89 Å². The molecule has 0 atom stereocenters. The van der Waals surface area contributed by atoms with Crippen LogP contribution >= 0.6 is 11.3 Å². The maximum atomic E-state index is 12.5. The predicted molar refractivity (Wildman–Crippen MR) is 74.6 cm³/mol. The molecule has 0 bridgehead atoms. The van der Waals surface area contributed by atoms with Crippen molar-refractivity contribution in [3.63, 3.8) is 0 Å². The van der Waals surface area contributed by atoms with Crippen LogP contribution in [0.4, 0.5) is 13.2 Å². The summed E-state index contributed by atoms with van der Waals surface area (Å²) in [5.74, 6) is -0.449. The minimum atomic E-state index is -4.38. The fourth-order valence-corrected chi connectivity index (χ4v) is 2.52. The first-order valence-corrected chi connectivity index (χ1v) is 7.09. The van der Waals surface area contributed by atoms with E-state index in [-0.39, 0.29) is 12.4 Å². The Kier molecular flexibility index (Phi) is 3.61. The summed E-state index contributed by atoms with van der Waals surface area (Å²) in [5, 5.41) is 5.87. The van der Waals surface area contributed by atoms with Crippen molar-refractivity contribution in [1.82, 2.24) is 9.78 Å². The van der Waals surface area contributed by atoms with E-state index >= 15 is 0 Å². The third-order valence-corrected chi connectivity index (χ3v) is 3.81. The lowest BCUT2D eigenvalue weighted by molar-refractivity contribution is -0.137. The van der Waals surface area contributed by atoms with Crippen LogP contribution in [0.5, 0.6) is 0 Å². The zero-order valence-electron chi connectivity index (χ0n) is 11.0. The average molecular weight is 326 g/mol. The average Bonchev–Trinajstić information content (AvgIpc) is 3.09. The standard InChI is InChI=1S/C14H9F3N2O2S/c15-14(16,17)10-5-3-9(4-6-10)8-19-13(20)21-12(18-19)11-2-1-7-22-11/h1-7H,8H2. The van der Waals surface area contributed by atoms with Gasteiger partial charge in [0.05, 0.1) is 17.0 Å². The van der Waals surface area contributed by atoms with Crippen LogP contribution in [0.25, 0.3) is 10.8 Å². The van der Waals surface area contributed by atoms with Gasteiger partial charge in [-0.25, -0.2) is 4.79 Å². The number of nitrogens with zero attached hydrogens (tertiary/aromatic N) is 2. The van der Waals surface area contributed by atoms with Crippen LogP contribution in [0.1, 0.15) is 11.1 Å². The highest BCUT2D eigenvalue weighted by Gasteiger charge is 2.29. The van der Waals surface area contributed by atoms with Gasteiger partial charge < -0.3 is 4.42 Å². The Morgan fingerprint density at radius 1 is 1.18 bits per heavy atom. The number of halogens is 3. The van der Waals surface area contributed by atoms with Crippen molar-refractivity contribution >= 4 is 11.3 Å². The highest BCUT2D eigenvalue weighted by atomic mass is 32.1. The lowest BCUT2D eigenvalue weighted by Crippen LogP contribution is -2.16. The lowest BCUT2D eigenvalue weighted by Gasteiger charge is -2.07. The second-order valence-corrected chi connectivity index (χ2v) is 5.45. The maximum absolute atomic E-state index is 12.5. The van der Waals surface area contributed by atoms with E-state index in [0.29, 0.717) is 10.4 Å². The van der Waals surface area contributed by atoms with Crippen LogP contribution in [0.3, 0.4) is 0 Å². The number of alkyl halides is 3. The van der Waals surface area contributed by atoms with Gasteiger partial charge in [0.1, 0.15) is 0 Å². The van der Waals surface area contributed by atoms with Gasteiger partial charge in [0.2, 0.25) is 0 Å². The topological polar surface area (TPSA) is 48.0 Å². The summed E-state index contributed by atoms with van der Waals surface area (Å²) in [6.45, 7) is 0.0475. The van der Waals surface area contributed by atoms with Gasteiger partial charge in [-0.05, 0) is 29.1 Å². The molecule has 0 saturated heterocycles. The second-order valence-electron chi connectivity index (χ2n) is 4.50. The maximum Gasteiger partial charge on any atom is 0.437 e. The summed E-state index contributed by atoms with van der Waals surface area (Å²) in [6, 6.07) is 8.14. The molecule has 3 rings (SSSR count). The first-order valence-electron chi connectivity index (χ1n) is 6.21. The minimum absolute atomic E-state index is 0.0475. The molecule has 0 saturated carbocycles. The van der Waals surface area contributed by atoms with Gasteiger partial charge in [0.15, 0.2) is 0 Å². The molecule has 1 aromatic carbocycles. The van der Waals surface area contributed by atoms with Crippen molar-refractivity contribution in [3.8, 4) is 10.8 Å². The summed E-state index contributed by atoms with van der Waals surface area (Å²) < 4.78 is 43.6. The normalized spacial score (nSPS) is 11.8. The fourth-order valence-electron chi connectivity index (χ4n) is 1.88. The Hall–Kier alpha value is -2.35. The number of thiophene rings is 1. The molecule has 0 radical (unpaired) electrons. The highest BCUT2D eigenvalue weighted by molar-refractivity contribution is 7.13. The number of rotatable bonds is 3. The smallest absolute Gasteiger partial charge is 0.387 e. The molecule has 0 aliphatic heterocycles. The minimum Gasteiger partial charge on any atom is -0.387 e. The largest absolute Gasteiger partial charge is 0.437 e. The van der Waals surface area contributed by atoms with E-state index in [2.05, 4.69) is 5.10 Å². The third kappa shape index (κ3) is 2.96. The molecule has 2 aromatic heterocycles. The van der Waals surface area contributed by atoms with Gasteiger partial charge in [0, 0.05) is 0 Å². The van der Waals surface area contributed by atoms with Crippen molar-refractivity contribution in [2.75, 3.05) is 0 Å². The monoisotopic (exact) mass is 326 g/mol. The van der Waals surface area contributed by atoms with Gasteiger partial charge in [-0.2, -0.15) is 17.9 Å². The molecule has 0 aliphatic carbocycles. The highest BCUT2D eigenvalue weighted by Crippen LogP contribution is 2.29. The molecule has 22 heavy (non-hydrogen) atoms. The number of benzene rings is 1. The summed E-state index contributed by atoms with van der Waals surface area (Å²) in [5.41, 5.74) is -0.204. The van der Waals surface area contributed by atoms with Crippen molar-refractivity contribution in [2.24, 2.45) is 0 Å². The summed E-state index contributed by atoms with van der Waals surface area (Å²) >= 11 is 1.38. The molecule has 4 nitrogen and oxygen atoms in total. The number of aromatic nitrogens is 2. The van der Waals surface area contributed by atoms with Crippen LogP contribution < -0.4 is 5.76 Å². The van der Waals surface area contributed by atoms with E-state index in [9.17, 15) is 18.0 Å². The molecular weight excluding hydrogens is 317 g/mol. The molecule has 8 heteroatoms. The summed E-state index contributed by atoms with van der Waals surface area (Å²) in [4.78, 5) is 12.4. The Morgan fingerprint density at radius 2 is 1.91 bits per heavy atom. The molecule has 0 fully saturated rings. The van der Waals surface area contributed by atoms with E-state index < -0.39 is 17.5 Å². The first kappa shape index (κ1) is 14.6. The van der Waals surface area contributed by atoms with Crippen molar-refractivity contribution < 1.29 is 17.6 Å². The SMILES string of the molecule is O=c1oc(-c2cccs2)nn1Cc1ccc(C(F)(F)F)cc1. The molecule has 114 valence electrons. The Labute approximate surface area is 126 Å². The summed E-state index contributed by atoms with van der Waals surface area (Å²) in [6.07, 6.45) is -4.38. The molecule has 0 N–H and O–H groups in total. The molecule has 0 amide bonds. The Bertz CT molecular complexity index is 817. The van der Waals surface area contributed by atoms with Gasteiger partial charge in [-0.1, -0.05) is 18.2 Å². The van der Waals surface area contributed by atoms with Crippen molar-refractivity contribution in [3.05, 3.63) is 63.5 Å². The van der Waals surface area contributed by atoms with Crippen LogP contribution in [-0.4, -0.2) is 9.78 Å². The fraction of sp³-hybridized carbons (Fsp3) is 0.143. The van der Waals surface area contributed by atoms with Crippen molar-refractivity contribution in [2.45, 2.75) is 12.7 Å². The van der Waals surface area contributed by atoms with Crippen LogP contribution in [0.2, 0.25) is 0 Å². The zero-order valence-corrected chi connectivity index (χ0v) is 11.8. The Balaban J connectivity index is 1.83. The van der Waals surface area contributed by atoms with E-state index in [1.54, 1.807) is 12.1 Å². The summed E-state index contributed by atoms with van der Waals surface area (Å²) in [7, 11) is 0. The molecule has 0 spiro atoms. The number of hydrogen-bond donors (Lipinski definition) is 0. The number of hydrogen-bond acceptors (Lipinski definition) is 4. The second kappa shape index (κ2) is 5.45.